The molecule has 0 aliphatic carbocycles. The van der Waals surface area contributed by atoms with E-state index in [1.165, 1.54) is 11.6 Å². The molecule has 1 aromatic carbocycles. The minimum atomic E-state index is -0.896. The maximum atomic E-state index is 13.2. The average Bonchev–Trinajstić information content (AvgIpc) is 2.99. The van der Waals surface area contributed by atoms with Crippen molar-refractivity contribution in [1.82, 2.24) is 10.3 Å². The van der Waals surface area contributed by atoms with Gasteiger partial charge in [-0.15, -0.1) is 0 Å². The lowest BCUT2D eigenvalue weighted by Gasteiger charge is -2.17. The maximum absolute atomic E-state index is 13.2. The van der Waals surface area contributed by atoms with Crippen LogP contribution in [0.1, 0.15) is 43.4 Å². The zero-order valence-corrected chi connectivity index (χ0v) is 24.3. The smallest absolute Gasteiger partial charge is 0.305 e. The Morgan fingerprint density at radius 1 is 0.952 bits per heavy atom. The third-order valence-corrected chi connectivity index (χ3v) is 6.03. The standard InChI is InChI=1S/C16H23N3O3.C14H22FNO4/c20-14(17-11-9-15(21)22)6-2-1-5-13-8-7-12-4-3-10-18-16(12)19-13;15-13-3-1-2-4-14(13)20-12-11-19-10-9-18-8-7-17-6-5-16/h7-8H,1-6,9-11H2,(H,17,20)(H,18,19)(H,21,22);1-4H,5-12,16H2. The van der Waals surface area contributed by atoms with Crippen molar-refractivity contribution in [3.05, 3.63) is 53.5 Å². The van der Waals surface area contributed by atoms with Gasteiger partial charge in [-0.2, -0.15) is 0 Å². The van der Waals surface area contributed by atoms with Crippen LogP contribution in [0.5, 0.6) is 5.75 Å². The number of aliphatic carboxylic acids is 1. The molecule has 1 aliphatic rings. The number of hydrogen-bond acceptors (Lipinski definition) is 9. The van der Waals surface area contributed by atoms with Gasteiger partial charge in [0.25, 0.3) is 0 Å². The topological polar surface area (TPSA) is 154 Å². The van der Waals surface area contributed by atoms with Gasteiger partial charge < -0.3 is 40.4 Å². The summed E-state index contributed by atoms with van der Waals surface area (Å²) >= 11 is 0. The van der Waals surface area contributed by atoms with Crippen molar-refractivity contribution >= 4 is 17.7 Å². The van der Waals surface area contributed by atoms with Gasteiger partial charge >= 0.3 is 5.97 Å². The number of carboxylic acid groups (broad SMARTS) is 1. The van der Waals surface area contributed by atoms with E-state index >= 15 is 0 Å². The summed E-state index contributed by atoms with van der Waals surface area (Å²) in [4.78, 5) is 26.5. The fourth-order valence-electron chi connectivity index (χ4n) is 3.89. The summed E-state index contributed by atoms with van der Waals surface area (Å²) in [5.41, 5.74) is 7.61. The predicted octanol–water partition coefficient (Wildman–Crippen LogP) is 2.96. The molecule has 0 saturated carbocycles. The Kier molecular flexibility index (Phi) is 18.5. The van der Waals surface area contributed by atoms with Gasteiger partial charge in [-0.05, 0) is 55.9 Å². The molecule has 12 heteroatoms. The summed E-state index contributed by atoms with van der Waals surface area (Å²) < 4.78 is 34.1. The van der Waals surface area contributed by atoms with Crippen LogP contribution in [0.15, 0.2) is 36.4 Å². The number of fused-ring (bicyclic) bond motifs is 1. The van der Waals surface area contributed by atoms with Crippen LogP contribution in [0.25, 0.3) is 0 Å². The van der Waals surface area contributed by atoms with Crippen LogP contribution >= 0.6 is 0 Å². The molecular weight excluding hydrogens is 547 g/mol. The Morgan fingerprint density at radius 3 is 2.38 bits per heavy atom. The molecular formula is C30H45FN4O7. The SMILES string of the molecule is NCCOCCOCCOCCOc1ccccc1F.O=C(O)CCNC(=O)CCCCc1ccc2c(n1)NCCC2. The van der Waals surface area contributed by atoms with Crippen molar-refractivity contribution in [3.63, 3.8) is 0 Å². The minimum Gasteiger partial charge on any atom is -0.488 e. The summed E-state index contributed by atoms with van der Waals surface area (Å²) in [6.07, 6.45) is 5.19. The molecule has 0 fully saturated rings. The van der Waals surface area contributed by atoms with Crippen LogP contribution in [-0.2, 0) is 36.6 Å². The molecule has 42 heavy (non-hydrogen) atoms. The van der Waals surface area contributed by atoms with E-state index < -0.39 is 5.97 Å². The normalized spacial score (nSPS) is 12.0. The number of hydrogen-bond donors (Lipinski definition) is 4. The molecule has 1 amide bonds. The maximum Gasteiger partial charge on any atom is 0.305 e. The van der Waals surface area contributed by atoms with Crippen molar-refractivity contribution < 1.29 is 38.0 Å². The van der Waals surface area contributed by atoms with Gasteiger partial charge in [0, 0.05) is 31.7 Å². The van der Waals surface area contributed by atoms with Crippen molar-refractivity contribution in [3.8, 4) is 5.75 Å². The number of halogens is 1. The number of aromatic nitrogens is 1. The van der Waals surface area contributed by atoms with Gasteiger partial charge in [0.05, 0.1) is 46.1 Å². The number of pyridine rings is 1. The van der Waals surface area contributed by atoms with Crippen LogP contribution in [-0.4, -0.2) is 87.8 Å². The van der Waals surface area contributed by atoms with Crippen LogP contribution in [0.2, 0.25) is 0 Å². The van der Waals surface area contributed by atoms with Gasteiger partial charge in [-0.1, -0.05) is 18.2 Å². The predicted molar refractivity (Wildman–Crippen MR) is 157 cm³/mol. The summed E-state index contributed by atoms with van der Waals surface area (Å²) in [7, 11) is 0. The number of ether oxygens (including phenoxy) is 4. The number of nitrogens with one attached hydrogen (secondary N) is 2. The zero-order chi connectivity index (χ0) is 30.3. The Bertz CT molecular complexity index is 1040. The molecule has 2 heterocycles. The molecule has 1 aliphatic heterocycles. The van der Waals surface area contributed by atoms with Crippen LogP contribution < -0.4 is 21.1 Å². The number of para-hydroxylation sites is 1. The zero-order valence-electron chi connectivity index (χ0n) is 24.3. The highest BCUT2D eigenvalue weighted by Gasteiger charge is 2.10. The van der Waals surface area contributed by atoms with Gasteiger partial charge in [-0.3, -0.25) is 9.59 Å². The number of amides is 1. The monoisotopic (exact) mass is 592 g/mol. The van der Waals surface area contributed by atoms with Gasteiger partial charge in [0.1, 0.15) is 12.4 Å². The molecule has 234 valence electrons. The van der Waals surface area contributed by atoms with Crippen molar-refractivity contribution in [1.29, 1.82) is 0 Å². The third-order valence-electron chi connectivity index (χ3n) is 6.03. The highest BCUT2D eigenvalue weighted by Crippen LogP contribution is 2.20. The van der Waals surface area contributed by atoms with Crippen LogP contribution in [0.3, 0.4) is 0 Å². The highest BCUT2D eigenvalue weighted by atomic mass is 19.1. The first kappa shape index (κ1) is 34.9. The number of carbonyl (C=O) groups excluding carboxylic acids is 1. The van der Waals surface area contributed by atoms with E-state index in [0.29, 0.717) is 59.2 Å². The van der Waals surface area contributed by atoms with E-state index in [0.717, 1.165) is 50.2 Å². The molecule has 11 nitrogen and oxygen atoms in total. The van der Waals surface area contributed by atoms with E-state index in [-0.39, 0.29) is 30.4 Å². The van der Waals surface area contributed by atoms with Crippen molar-refractivity contribution in [2.24, 2.45) is 5.73 Å². The number of nitrogens with zero attached hydrogens (tertiary/aromatic N) is 1. The first-order valence-electron chi connectivity index (χ1n) is 14.5. The van der Waals surface area contributed by atoms with Crippen molar-refractivity contribution in [2.45, 2.75) is 44.9 Å². The molecule has 1 aromatic heterocycles. The lowest BCUT2D eigenvalue weighted by atomic mass is 10.1. The van der Waals surface area contributed by atoms with E-state index in [2.05, 4.69) is 27.8 Å². The second kappa shape index (κ2) is 22.3. The number of carbonyl (C=O) groups is 2. The Labute approximate surface area is 247 Å². The second-order valence-electron chi connectivity index (χ2n) is 9.45. The fraction of sp³-hybridized carbons (Fsp3) is 0.567. The third kappa shape index (κ3) is 16.2. The Balaban J connectivity index is 0.000000295. The van der Waals surface area contributed by atoms with Crippen LogP contribution in [0, 0.1) is 5.82 Å². The van der Waals surface area contributed by atoms with Crippen LogP contribution in [0.4, 0.5) is 10.2 Å². The van der Waals surface area contributed by atoms with E-state index in [1.54, 1.807) is 18.2 Å². The van der Waals surface area contributed by atoms with E-state index in [9.17, 15) is 14.0 Å². The number of carboxylic acids is 1. The Morgan fingerprint density at radius 2 is 1.67 bits per heavy atom. The number of rotatable bonds is 20. The molecule has 3 rings (SSSR count). The minimum absolute atomic E-state index is 0.0300. The summed E-state index contributed by atoms with van der Waals surface area (Å²) in [6, 6.07) is 10.5. The first-order chi connectivity index (χ1) is 20.5. The van der Waals surface area contributed by atoms with Gasteiger partial charge in [-0.25, -0.2) is 9.37 Å². The lowest BCUT2D eigenvalue weighted by molar-refractivity contribution is -0.136. The molecule has 0 atom stereocenters. The molecule has 2 aromatic rings. The Hall–Kier alpha value is -3.32. The summed E-state index contributed by atoms with van der Waals surface area (Å²) in [6.45, 7) is 4.97. The highest BCUT2D eigenvalue weighted by molar-refractivity contribution is 5.76. The van der Waals surface area contributed by atoms with E-state index in [4.69, 9.17) is 29.8 Å². The number of aryl methyl sites for hydroxylation is 2. The largest absolute Gasteiger partial charge is 0.488 e. The van der Waals surface area contributed by atoms with E-state index in [1.807, 2.05) is 0 Å². The summed E-state index contributed by atoms with van der Waals surface area (Å²) in [5.74, 6) is -0.0958. The lowest BCUT2D eigenvalue weighted by Crippen LogP contribution is -2.25. The quantitative estimate of drug-likeness (QED) is 0.169. The number of benzene rings is 1. The van der Waals surface area contributed by atoms with Gasteiger partial charge in [0.15, 0.2) is 11.6 Å². The van der Waals surface area contributed by atoms with Crippen molar-refractivity contribution in [2.75, 3.05) is 71.2 Å². The molecule has 0 unspecified atom stereocenters. The molecule has 0 saturated heterocycles. The average molecular weight is 593 g/mol. The number of nitrogens with two attached hydrogens (primary N) is 1. The fourth-order valence-corrected chi connectivity index (χ4v) is 3.89. The first-order valence-corrected chi connectivity index (χ1v) is 14.5. The number of anilines is 1. The molecule has 0 bridgehead atoms. The van der Waals surface area contributed by atoms with Gasteiger partial charge in [0.2, 0.25) is 5.91 Å². The number of unbranched alkanes of at least 4 members (excludes halogenated alkanes) is 1. The second-order valence-corrected chi connectivity index (χ2v) is 9.45. The molecule has 0 spiro atoms. The summed E-state index contributed by atoms with van der Waals surface area (Å²) in [5, 5.41) is 14.4. The molecule has 0 radical (unpaired) electrons. The molecule has 5 N–H and O–H groups in total.